The van der Waals surface area contributed by atoms with E-state index < -0.39 is 23.5 Å². The maximum absolute atomic E-state index is 11.0. The zero-order valence-corrected chi connectivity index (χ0v) is 25.1. The first kappa shape index (κ1) is 28.0. The van der Waals surface area contributed by atoms with Gasteiger partial charge in [0.25, 0.3) is 0 Å². The van der Waals surface area contributed by atoms with E-state index in [2.05, 4.69) is 40.5 Å². The van der Waals surface area contributed by atoms with Gasteiger partial charge in [-0.15, -0.1) is 12.8 Å². The van der Waals surface area contributed by atoms with Crippen LogP contribution in [0.5, 0.6) is 0 Å². The fourth-order valence-corrected chi connectivity index (χ4v) is 12.6. The Morgan fingerprint density at radius 3 is 2.31 bits per heavy atom. The first-order chi connectivity index (χ1) is 18.2. The Kier molecular flexibility index (Phi) is 5.92. The van der Waals surface area contributed by atoms with E-state index >= 15 is 0 Å². The summed E-state index contributed by atoms with van der Waals surface area (Å²) in [6.07, 6.45) is 14.9. The first-order valence-electron chi connectivity index (χ1n) is 15.5. The molecular formula is C33H51NO5. The standard InChI is InChI=1S/C31H49NO5.C2H2/c1-16-29-15-14-28(7)21-11-9-19(24(34)27(5,6)35)37-31(21)25(36-17(2)32-31)23(28)18(29)8-10-20-26(3,4)22(33)12-13-30(16,20)29;1-2/h16,18-25,33-35H,8-15H2,1-7H3;1-2H/t16-,18-,19+,20?,21?,22-,23?,24-,25?,28+,29-,30?,31?;/m0./s1. The van der Waals surface area contributed by atoms with E-state index in [1.807, 2.05) is 6.92 Å². The molecule has 39 heavy (non-hydrogen) atoms. The van der Waals surface area contributed by atoms with Gasteiger partial charge in [0.15, 0.2) is 12.0 Å². The van der Waals surface area contributed by atoms with Crippen molar-refractivity contribution >= 4 is 5.90 Å². The molecule has 0 aromatic rings. The van der Waals surface area contributed by atoms with E-state index in [0.29, 0.717) is 40.4 Å². The lowest BCUT2D eigenvalue weighted by Gasteiger charge is -2.59. The SMILES string of the molecule is C#C.CC1=NC23O[C@@H]([C@H](O)C(C)(C)O)CCC2[C@@]2(C)CC[C@@]45[C@H](C)C46CC[C@H](O)C(C)(C)C6CC[C@H]5C2C3O1. The van der Waals surface area contributed by atoms with Gasteiger partial charge in [-0.1, -0.05) is 27.7 Å². The molecule has 1 saturated heterocycles. The van der Waals surface area contributed by atoms with Gasteiger partial charge in [-0.25, -0.2) is 4.99 Å². The molecule has 7 aliphatic rings. The van der Waals surface area contributed by atoms with Gasteiger partial charge in [0.1, 0.15) is 6.10 Å². The number of aliphatic hydroxyl groups is 3. The summed E-state index contributed by atoms with van der Waals surface area (Å²) in [5.41, 5.74) is -1.24. The summed E-state index contributed by atoms with van der Waals surface area (Å²) in [7, 11) is 0. The molecular weight excluding hydrogens is 490 g/mol. The van der Waals surface area contributed by atoms with Gasteiger partial charge >= 0.3 is 0 Å². The van der Waals surface area contributed by atoms with Crippen molar-refractivity contribution in [1.29, 1.82) is 0 Å². The molecule has 218 valence electrons. The predicted octanol–water partition coefficient (Wildman–Crippen LogP) is 4.94. The van der Waals surface area contributed by atoms with Crippen LogP contribution in [-0.4, -0.2) is 57.0 Å². The molecule has 5 saturated carbocycles. The second kappa shape index (κ2) is 8.24. The Morgan fingerprint density at radius 1 is 0.974 bits per heavy atom. The highest BCUT2D eigenvalue weighted by molar-refractivity contribution is 5.76. The van der Waals surface area contributed by atoms with E-state index in [4.69, 9.17) is 14.5 Å². The first-order valence-corrected chi connectivity index (χ1v) is 15.5. The van der Waals surface area contributed by atoms with Gasteiger partial charge in [0.05, 0.1) is 17.8 Å². The molecule has 5 aliphatic carbocycles. The number of hydrogen-bond acceptors (Lipinski definition) is 6. The molecule has 0 aromatic carbocycles. The van der Waals surface area contributed by atoms with E-state index in [9.17, 15) is 15.3 Å². The molecule has 6 heteroatoms. The van der Waals surface area contributed by atoms with E-state index in [-0.39, 0.29) is 29.0 Å². The fourth-order valence-electron chi connectivity index (χ4n) is 12.6. The van der Waals surface area contributed by atoms with Crippen LogP contribution >= 0.6 is 0 Å². The summed E-state index contributed by atoms with van der Waals surface area (Å²) < 4.78 is 13.6. The Balaban J connectivity index is 0.00000135. The van der Waals surface area contributed by atoms with Crippen molar-refractivity contribution in [2.24, 2.45) is 56.2 Å². The molecule has 6 fully saturated rings. The van der Waals surface area contributed by atoms with Crippen molar-refractivity contribution in [3.63, 3.8) is 0 Å². The van der Waals surface area contributed by atoms with Gasteiger partial charge in [0, 0.05) is 18.8 Å². The van der Waals surface area contributed by atoms with Gasteiger partial charge in [-0.3, -0.25) is 0 Å². The Bertz CT molecular complexity index is 1080. The Labute approximate surface area is 235 Å². The van der Waals surface area contributed by atoms with Gasteiger partial charge < -0.3 is 24.8 Å². The molecule has 2 aliphatic heterocycles. The molecule has 7 rings (SSSR count). The third-order valence-electron chi connectivity index (χ3n) is 14.1. The molecule has 2 heterocycles. The molecule has 0 radical (unpaired) electrons. The van der Waals surface area contributed by atoms with Crippen LogP contribution in [0, 0.1) is 64.1 Å². The quantitative estimate of drug-likeness (QED) is 0.431. The normalized spacial score (nSPS) is 55.0. The number of rotatable bonds is 2. The third kappa shape index (κ3) is 3.07. The minimum atomic E-state index is -1.23. The lowest BCUT2D eigenvalue weighted by atomic mass is 9.46. The number of hydrogen-bond donors (Lipinski definition) is 3. The van der Waals surface area contributed by atoms with E-state index in [0.717, 1.165) is 25.7 Å². The third-order valence-corrected chi connectivity index (χ3v) is 14.1. The minimum Gasteiger partial charge on any atom is -0.472 e. The van der Waals surface area contributed by atoms with Crippen molar-refractivity contribution < 1.29 is 24.8 Å². The van der Waals surface area contributed by atoms with Gasteiger partial charge in [-0.2, -0.15) is 0 Å². The molecule has 6 nitrogen and oxygen atoms in total. The van der Waals surface area contributed by atoms with Crippen molar-refractivity contribution in [3.8, 4) is 12.8 Å². The summed E-state index contributed by atoms with van der Waals surface area (Å²) in [6, 6.07) is 0. The number of ether oxygens (including phenoxy) is 2. The highest BCUT2D eigenvalue weighted by Gasteiger charge is 2.87. The topological polar surface area (TPSA) is 91.5 Å². The predicted molar refractivity (Wildman–Crippen MR) is 151 cm³/mol. The maximum atomic E-state index is 11.0. The van der Waals surface area contributed by atoms with E-state index in [1.54, 1.807) is 13.8 Å². The second-order valence-corrected chi connectivity index (χ2v) is 15.8. The largest absolute Gasteiger partial charge is 0.472 e. The summed E-state index contributed by atoms with van der Waals surface area (Å²) in [4.78, 5) is 5.14. The van der Waals surface area contributed by atoms with Crippen molar-refractivity contribution in [1.82, 2.24) is 0 Å². The van der Waals surface area contributed by atoms with Crippen molar-refractivity contribution in [2.75, 3.05) is 0 Å². The lowest BCUT2D eigenvalue weighted by Crippen LogP contribution is -2.56. The van der Waals surface area contributed by atoms with Crippen LogP contribution in [0.3, 0.4) is 0 Å². The molecule has 13 atom stereocenters. The number of aliphatic imine (C=N–C) groups is 1. The summed E-state index contributed by atoms with van der Waals surface area (Å²) in [5, 5.41) is 32.6. The van der Waals surface area contributed by atoms with Crippen molar-refractivity contribution in [2.45, 2.75) is 136 Å². The maximum Gasteiger partial charge on any atom is 0.203 e. The number of terminal acetylenes is 1. The van der Waals surface area contributed by atoms with Crippen LogP contribution in [0.4, 0.5) is 0 Å². The zero-order chi connectivity index (χ0) is 28.6. The average molecular weight is 542 g/mol. The van der Waals surface area contributed by atoms with Crippen LogP contribution in [0.2, 0.25) is 0 Å². The van der Waals surface area contributed by atoms with Crippen LogP contribution < -0.4 is 0 Å². The van der Waals surface area contributed by atoms with Crippen LogP contribution in [-0.2, 0) is 9.47 Å². The Hall–Kier alpha value is -1.13. The molecule has 6 unspecified atom stereocenters. The zero-order valence-electron chi connectivity index (χ0n) is 25.1. The summed E-state index contributed by atoms with van der Waals surface area (Å²) >= 11 is 0. The van der Waals surface area contributed by atoms with Crippen LogP contribution in [0.15, 0.2) is 4.99 Å². The molecule has 0 amide bonds. The number of nitrogens with zero attached hydrogens (tertiary/aromatic N) is 1. The molecule has 3 spiro atoms. The Morgan fingerprint density at radius 2 is 1.64 bits per heavy atom. The monoisotopic (exact) mass is 541 g/mol. The summed E-state index contributed by atoms with van der Waals surface area (Å²) in [6.45, 7) is 15.0. The average Bonchev–Trinajstić information content (AvgIpc) is 3.12. The summed E-state index contributed by atoms with van der Waals surface area (Å²) in [5.74, 6) is 3.21. The number of aliphatic hydroxyl groups excluding tert-OH is 2. The molecule has 0 bridgehead atoms. The highest BCUT2D eigenvalue weighted by atomic mass is 16.6. The molecule has 3 N–H and O–H groups in total. The van der Waals surface area contributed by atoms with Crippen molar-refractivity contribution in [3.05, 3.63) is 0 Å². The molecule has 0 aromatic heterocycles. The number of fused-ring (bicyclic) bond motifs is 4. The second-order valence-electron chi connectivity index (χ2n) is 15.8. The lowest BCUT2D eigenvalue weighted by molar-refractivity contribution is -0.227. The van der Waals surface area contributed by atoms with Gasteiger partial charge in [-0.05, 0) is 105 Å². The highest BCUT2D eigenvalue weighted by Crippen LogP contribution is 2.90. The van der Waals surface area contributed by atoms with Crippen LogP contribution in [0.25, 0.3) is 0 Å². The van der Waals surface area contributed by atoms with E-state index in [1.165, 1.54) is 25.7 Å². The minimum absolute atomic E-state index is 0.0280. The fraction of sp³-hybridized carbons (Fsp3) is 0.909. The smallest absolute Gasteiger partial charge is 0.203 e. The van der Waals surface area contributed by atoms with Gasteiger partial charge in [0.2, 0.25) is 5.72 Å². The van der Waals surface area contributed by atoms with Crippen LogP contribution in [0.1, 0.15) is 99.8 Å².